The molecule has 0 saturated carbocycles. The molecule has 3 aliphatic rings. The van der Waals surface area contributed by atoms with Crippen molar-refractivity contribution in [3.05, 3.63) is 65.9 Å². The highest BCUT2D eigenvalue weighted by Crippen LogP contribution is 2.52. The van der Waals surface area contributed by atoms with Crippen molar-refractivity contribution in [1.29, 1.82) is 5.26 Å². The largest absolute Gasteiger partial charge is 0.497 e. The normalized spacial score (nSPS) is 27.3. The standard InChI is InChI=1S/C22H17N3O3/c1-28-15-8-6-14(7-9-15)25-21(26)18-17(12-23)24-11-10-13-4-2-3-5-16(13)20(24)19(18)22(25)27/h2-11,17-20H,1H3/t17-,18+,19+,20-/m0/s1. The van der Waals surface area contributed by atoms with Crippen molar-refractivity contribution in [1.82, 2.24) is 4.90 Å². The van der Waals surface area contributed by atoms with E-state index in [1.807, 2.05) is 41.4 Å². The fraction of sp³-hybridized carbons (Fsp3) is 0.227. The van der Waals surface area contributed by atoms with Crippen LogP contribution in [0.4, 0.5) is 5.69 Å². The van der Waals surface area contributed by atoms with Gasteiger partial charge in [0.2, 0.25) is 11.8 Å². The van der Waals surface area contributed by atoms with Gasteiger partial charge in [0.25, 0.3) is 0 Å². The molecular weight excluding hydrogens is 354 g/mol. The molecule has 28 heavy (non-hydrogen) atoms. The summed E-state index contributed by atoms with van der Waals surface area (Å²) in [7, 11) is 1.56. The van der Waals surface area contributed by atoms with Gasteiger partial charge in [-0.15, -0.1) is 0 Å². The Kier molecular flexibility index (Phi) is 3.53. The van der Waals surface area contributed by atoms with Crippen LogP contribution < -0.4 is 9.64 Å². The van der Waals surface area contributed by atoms with Gasteiger partial charge in [0.05, 0.1) is 36.7 Å². The zero-order chi connectivity index (χ0) is 19.4. The van der Waals surface area contributed by atoms with Crippen molar-refractivity contribution in [3.8, 4) is 11.8 Å². The lowest BCUT2D eigenvalue weighted by Crippen LogP contribution is -2.40. The minimum atomic E-state index is -0.680. The summed E-state index contributed by atoms with van der Waals surface area (Å²) in [5.74, 6) is -1.17. The molecule has 4 atom stereocenters. The van der Waals surface area contributed by atoms with Crippen molar-refractivity contribution in [2.45, 2.75) is 12.1 Å². The number of fused-ring (bicyclic) bond motifs is 5. The molecule has 2 aromatic carbocycles. The van der Waals surface area contributed by atoms with Crippen LogP contribution in [0.1, 0.15) is 17.2 Å². The monoisotopic (exact) mass is 371 g/mol. The first-order chi connectivity index (χ1) is 13.7. The second kappa shape index (κ2) is 5.96. The lowest BCUT2D eigenvalue weighted by molar-refractivity contribution is -0.123. The van der Waals surface area contributed by atoms with Crippen LogP contribution in [0.5, 0.6) is 5.75 Å². The predicted molar refractivity (Wildman–Crippen MR) is 102 cm³/mol. The number of imide groups is 1. The van der Waals surface area contributed by atoms with E-state index < -0.39 is 17.9 Å². The zero-order valence-electron chi connectivity index (χ0n) is 15.1. The lowest BCUT2D eigenvalue weighted by atomic mass is 9.85. The number of carbonyl (C=O) groups is 2. The third kappa shape index (κ3) is 2.07. The van der Waals surface area contributed by atoms with E-state index in [1.54, 1.807) is 31.4 Å². The summed E-state index contributed by atoms with van der Waals surface area (Å²) < 4.78 is 5.16. The number of hydrogen-bond acceptors (Lipinski definition) is 5. The molecule has 0 aromatic heterocycles. The van der Waals surface area contributed by atoms with E-state index in [9.17, 15) is 14.9 Å². The Hall–Kier alpha value is -3.59. The molecule has 2 fully saturated rings. The van der Waals surface area contributed by atoms with Crippen LogP contribution >= 0.6 is 0 Å². The summed E-state index contributed by atoms with van der Waals surface area (Å²) in [6.07, 6.45) is 3.78. The van der Waals surface area contributed by atoms with E-state index in [0.29, 0.717) is 11.4 Å². The van der Waals surface area contributed by atoms with E-state index in [4.69, 9.17) is 4.74 Å². The minimum absolute atomic E-state index is 0.252. The number of rotatable bonds is 2. The molecule has 0 spiro atoms. The Morgan fingerprint density at radius 3 is 2.43 bits per heavy atom. The topological polar surface area (TPSA) is 73.6 Å². The predicted octanol–water partition coefficient (Wildman–Crippen LogP) is 2.73. The van der Waals surface area contributed by atoms with Gasteiger partial charge in [-0.1, -0.05) is 24.3 Å². The van der Waals surface area contributed by atoms with Crippen LogP contribution in [-0.4, -0.2) is 29.9 Å². The second-order valence-corrected chi connectivity index (χ2v) is 7.17. The van der Waals surface area contributed by atoms with Crippen LogP contribution in [0.2, 0.25) is 0 Å². The van der Waals surface area contributed by atoms with Crippen LogP contribution in [-0.2, 0) is 9.59 Å². The van der Waals surface area contributed by atoms with Crippen molar-refractivity contribution in [2.24, 2.45) is 11.8 Å². The number of methoxy groups -OCH3 is 1. The number of nitrogens with zero attached hydrogens (tertiary/aromatic N) is 3. The molecule has 2 aromatic rings. The van der Waals surface area contributed by atoms with Gasteiger partial charge in [-0.05, 0) is 41.5 Å². The first kappa shape index (κ1) is 16.6. The van der Waals surface area contributed by atoms with Gasteiger partial charge < -0.3 is 9.64 Å². The Morgan fingerprint density at radius 1 is 1.00 bits per heavy atom. The average Bonchev–Trinajstić information content (AvgIpc) is 3.20. The van der Waals surface area contributed by atoms with Gasteiger partial charge in [0.1, 0.15) is 11.8 Å². The van der Waals surface area contributed by atoms with E-state index >= 15 is 0 Å². The summed E-state index contributed by atoms with van der Waals surface area (Å²) in [5, 5.41) is 9.81. The Bertz CT molecular complexity index is 1050. The van der Waals surface area contributed by atoms with E-state index in [1.165, 1.54) is 4.90 Å². The molecule has 6 nitrogen and oxygen atoms in total. The van der Waals surface area contributed by atoms with Gasteiger partial charge in [-0.3, -0.25) is 9.59 Å². The molecule has 3 heterocycles. The van der Waals surface area contributed by atoms with Gasteiger partial charge in [-0.25, -0.2) is 4.90 Å². The van der Waals surface area contributed by atoms with Gasteiger partial charge in [-0.2, -0.15) is 5.26 Å². The van der Waals surface area contributed by atoms with Crippen molar-refractivity contribution in [2.75, 3.05) is 12.0 Å². The Balaban J connectivity index is 1.60. The fourth-order valence-electron chi connectivity index (χ4n) is 4.69. The van der Waals surface area contributed by atoms with E-state index in [-0.39, 0.29) is 17.9 Å². The van der Waals surface area contributed by atoms with Crippen LogP contribution in [0.25, 0.3) is 6.08 Å². The average molecular weight is 371 g/mol. The maximum Gasteiger partial charge on any atom is 0.240 e. The molecule has 0 bridgehead atoms. The van der Waals surface area contributed by atoms with Gasteiger partial charge in [0.15, 0.2) is 0 Å². The third-order valence-electron chi connectivity index (χ3n) is 5.92. The number of hydrogen-bond donors (Lipinski definition) is 0. The highest BCUT2D eigenvalue weighted by molar-refractivity contribution is 6.23. The molecule has 0 unspecified atom stereocenters. The molecule has 0 aliphatic carbocycles. The van der Waals surface area contributed by atoms with Gasteiger partial charge in [0, 0.05) is 6.20 Å². The summed E-state index contributed by atoms with van der Waals surface area (Å²) in [4.78, 5) is 29.7. The second-order valence-electron chi connectivity index (χ2n) is 7.17. The SMILES string of the molecule is COc1ccc(N2C(=O)[C@@H]3[C@H](C2=O)[C@H](C#N)N2C=Cc4ccccc4[C@@H]32)cc1. The number of benzene rings is 2. The third-order valence-corrected chi connectivity index (χ3v) is 5.92. The highest BCUT2D eigenvalue weighted by atomic mass is 16.5. The van der Waals surface area contributed by atoms with Crippen LogP contribution in [0, 0.1) is 23.2 Å². The quantitative estimate of drug-likeness (QED) is 0.759. The molecule has 2 amide bonds. The van der Waals surface area contributed by atoms with E-state index in [0.717, 1.165) is 11.1 Å². The Morgan fingerprint density at radius 2 is 1.71 bits per heavy atom. The number of nitriles is 1. The maximum absolute atomic E-state index is 13.4. The van der Waals surface area contributed by atoms with Crippen LogP contribution in [0.15, 0.2) is 54.7 Å². The smallest absolute Gasteiger partial charge is 0.240 e. The minimum Gasteiger partial charge on any atom is -0.497 e. The van der Waals surface area contributed by atoms with E-state index in [2.05, 4.69) is 6.07 Å². The molecule has 138 valence electrons. The zero-order valence-corrected chi connectivity index (χ0v) is 15.1. The molecule has 3 aliphatic heterocycles. The molecular formula is C22H17N3O3. The van der Waals surface area contributed by atoms with Crippen LogP contribution in [0.3, 0.4) is 0 Å². The van der Waals surface area contributed by atoms with Crippen molar-refractivity contribution >= 4 is 23.6 Å². The molecule has 5 rings (SSSR count). The maximum atomic E-state index is 13.4. The van der Waals surface area contributed by atoms with Crippen molar-refractivity contribution in [3.63, 3.8) is 0 Å². The first-order valence-corrected chi connectivity index (χ1v) is 9.12. The number of carbonyl (C=O) groups excluding carboxylic acids is 2. The lowest BCUT2D eigenvalue weighted by Gasteiger charge is -2.33. The molecule has 0 N–H and O–H groups in total. The highest BCUT2D eigenvalue weighted by Gasteiger charge is 2.63. The summed E-state index contributed by atoms with van der Waals surface area (Å²) in [6.45, 7) is 0. The Labute approximate surface area is 162 Å². The molecule has 6 heteroatoms. The number of amides is 2. The number of ether oxygens (including phenoxy) is 1. The fourth-order valence-corrected chi connectivity index (χ4v) is 4.69. The molecule has 2 saturated heterocycles. The summed E-state index contributed by atoms with van der Waals surface area (Å²) in [6, 6.07) is 15.9. The number of anilines is 1. The van der Waals surface area contributed by atoms with Crippen molar-refractivity contribution < 1.29 is 14.3 Å². The molecule has 0 radical (unpaired) electrons. The van der Waals surface area contributed by atoms with Gasteiger partial charge >= 0.3 is 0 Å². The summed E-state index contributed by atoms with van der Waals surface area (Å²) >= 11 is 0. The first-order valence-electron chi connectivity index (χ1n) is 9.12. The summed E-state index contributed by atoms with van der Waals surface area (Å²) in [5.41, 5.74) is 2.51.